The Balaban J connectivity index is 1.36. The predicted octanol–water partition coefficient (Wildman–Crippen LogP) is 4.65. The summed E-state index contributed by atoms with van der Waals surface area (Å²) >= 11 is 0. The Morgan fingerprint density at radius 3 is 2.26 bits per heavy atom. The van der Waals surface area contributed by atoms with Gasteiger partial charge in [0.1, 0.15) is 6.61 Å². The molecule has 0 aromatic heterocycles. The van der Waals surface area contributed by atoms with Gasteiger partial charge < -0.3 is 20.1 Å². The molecule has 0 spiro atoms. The van der Waals surface area contributed by atoms with Gasteiger partial charge in [0, 0.05) is 31.5 Å². The summed E-state index contributed by atoms with van der Waals surface area (Å²) in [5, 5.41) is 12.5. The first-order valence-electron chi connectivity index (χ1n) is 12.4. The van der Waals surface area contributed by atoms with Crippen LogP contribution in [0, 0.1) is 11.3 Å². The fraction of sp³-hybridized carbons (Fsp3) is 0.464. The highest BCUT2D eigenvalue weighted by molar-refractivity contribution is 5.82. The molecule has 0 saturated carbocycles. The van der Waals surface area contributed by atoms with E-state index in [0.29, 0.717) is 13.0 Å². The molecule has 1 heterocycles. The lowest BCUT2D eigenvalue weighted by Crippen LogP contribution is -2.41. The van der Waals surface area contributed by atoms with E-state index in [4.69, 9.17) is 4.74 Å². The number of carbonyl (C=O) groups excluding carboxylic acids is 2. The van der Waals surface area contributed by atoms with Gasteiger partial charge in [0.2, 0.25) is 5.91 Å². The molecule has 2 amide bonds. The summed E-state index contributed by atoms with van der Waals surface area (Å²) < 4.78 is 5.65. The second kappa shape index (κ2) is 10.1. The fourth-order valence-corrected chi connectivity index (χ4v) is 5.34. The number of hydrogen-bond acceptors (Lipinski definition) is 4. The molecule has 1 aliphatic carbocycles. The van der Waals surface area contributed by atoms with Crippen LogP contribution in [0.4, 0.5) is 4.79 Å². The van der Waals surface area contributed by atoms with Gasteiger partial charge in [-0.15, -0.1) is 0 Å². The molecule has 1 saturated heterocycles. The van der Waals surface area contributed by atoms with Crippen molar-refractivity contribution in [1.82, 2.24) is 10.2 Å². The molecule has 0 bridgehead atoms. The molecule has 4 rings (SSSR count). The van der Waals surface area contributed by atoms with Gasteiger partial charge in [-0.25, -0.2) is 4.79 Å². The molecular weight excluding hydrogens is 444 g/mol. The highest BCUT2D eigenvalue weighted by Crippen LogP contribution is 2.44. The van der Waals surface area contributed by atoms with Gasteiger partial charge in [-0.2, -0.15) is 0 Å². The van der Waals surface area contributed by atoms with Gasteiger partial charge in [0.15, 0.2) is 0 Å². The van der Waals surface area contributed by atoms with Crippen molar-refractivity contribution in [2.45, 2.75) is 52.0 Å². The zero-order valence-electron chi connectivity index (χ0n) is 20.6. The topological polar surface area (TPSA) is 95.9 Å². The highest BCUT2D eigenvalue weighted by atomic mass is 16.5. The Morgan fingerprint density at radius 2 is 1.71 bits per heavy atom. The summed E-state index contributed by atoms with van der Waals surface area (Å²) in [6, 6.07) is 16.0. The van der Waals surface area contributed by atoms with E-state index in [2.05, 4.69) is 29.6 Å². The van der Waals surface area contributed by atoms with Crippen LogP contribution < -0.4 is 5.32 Å². The van der Waals surface area contributed by atoms with Crippen molar-refractivity contribution >= 4 is 18.0 Å². The number of rotatable bonds is 8. The van der Waals surface area contributed by atoms with Gasteiger partial charge in [-0.05, 0) is 41.5 Å². The van der Waals surface area contributed by atoms with E-state index in [1.807, 2.05) is 38.1 Å². The van der Waals surface area contributed by atoms with Crippen molar-refractivity contribution in [3.05, 3.63) is 59.7 Å². The van der Waals surface area contributed by atoms with Crippen LogP contribution in [-0.4, -0.2) is 53.7 Å². The summed E-state index contributed by atoms with van der Waals surface area (Å²) in [5.41, 5.74) is 3.67. The SMILES string of the molecule is CCC[C@H](CC(=O)N1CC(C)C(C)(C(=O)O)C1)NC(=O)OCC1c2ccccc2-c2ccccc21. The lowest BCUT2D eigenvalue weighted by Gasteiger charge is -2.24. The van der Waals surface area contributed by atoms with Crippen LogP contribution in [0.2, 0.25) is 0 Å². The van der Waals surface area contributed by atoms with Crippen LogP contribution >= 0.6 is 0 Å². The Bertz CT molecular complexity index is 1070. The monoisotopic (exact) mass is 478 g/mol. The van der Waals surface area contributed by atoms with E-state index in [9.17, 15) is 19.5 Å². The van der Waals surface area contributed by atoms with E-state index >= 15 is 0 Å². The number of carbonyl (C=O) groups is 3. The maximum Gasteiger partial charge on any atom is 0.407 e. The third-order valence-corrected chi connectivity index (χ3v) is 7.67. The minimum Gasteiger partial charge on any atom is -0.481 e. The largest absolute Gasteiger partial charge is 0.481 e. The smallest absolute Gasteiger partial charge is 0.407 e. The van der Waals surface area contributed by atoms with E-state index < -0.39 is 17.5 Å². The zero-order valence-corrected chi connectivity index (χ0v) is 20.6. The van der Waals surface area contributed by atoms with E-state index in [0.717, 1.165) is 17.5 Å². The molecule has 2 aliphatic rings. The van der Waals surface area contributed by atoms with Gasteiger partial charge in [-0.3, -0.25) is 9.59 Å². The highest BCUT2D eigenvalue weighted by Gasteiger charge is 2.47. The first kappa shape index (κ1) is 24.8. The summed E-state index contributed by atoms with van der Waals surface area (Å²) in [5.74, 6) is -1.19. The van der Waals surface area contributed by atoms with Crippen molar-refractivity contribution in [3.63, 3.8) is 0 Å². The van der Waals surface area contributed by atoms with Crippen LogP contribution in [0.15, 0.2) is 48.5 Å². The number of likely N-dealkylation sites (tertiary alicyclic amines) is 1. The second-order valence-corrected chi connectivity index (χ2v) is 10.1. The van der Waals surface area contributed by atoms with Crippen molar-refractivity contribution in [1.29, 1.82) is 0 Å². The number of carboxylic acid groups (broad SMARTS) is 1. The number of ether oxygens (including phenoxy) is 1. The third-order valence-electron chi connectivity index (χ3n) is 7.67. The molecule has 2 unspecified atom stereocenters. The van der Waals surface area contributed by atoms with Gasteiger partial charge >= 0.3 is 12.1 Å². The molecule has 186 valence electrons. The number of amides is 2. The number of hydrogen-bond donors (Lipinski definition) is 2. The van der Waals surface area contributed by atoms with E-state index in [1.165, 1.54) is 11.1 Å². The van der Waals surface area contributed by atoms with Crippen molar-refractivity contribution in [2.75, 3.05) is 19.7 Å². The molecular formula is C28H34N2O5. The van der Waals surface area contributed by atoms with E-state index in [1.54, 1.807) is 11.8 Å². The molecule has 3 atom stereocenters. The van der Waals surface area contributed by atoms with Crippen LogP contribution in [0.1, 0.15) is 57.1 Å². The van der Waals surface area contributed by atoms with Crippen LogP contribution in [0.3, 0.4) is 0 Å². The summed E-state index contributed by atoms with van der Waals surface area (Å²) in [6.07, 6.45) is 1.02. The quantitative estimate of drug-likeness (QED) is 0.576. The molecule has 2 aromatic rings. The number of nitrogens with zero attached hydrogens (tertiary/aromatic N) is 1. The first-order chi connectivity index (χ1) is 16.7. The van der Waals surface area contributed by atoms with Crippen molar-refractivity contribution < 1.29 is 24.2 Å². The number of fused-ring (bicyclic) bond motifs is 3. The van der Waals surface area contributed by atoms with E-state index in [-0.39, 0.29) is 43.4 Å². The third kappa shape index (κ3) is 4.90. The molecule has 1 fully saturated rings. The lowest BCUT2D eigenvalue weighted by atomic mass is 9.81. The Labute approximate surface area is 206 Å². The van der Waals surface area contributed by atoms with Crippen LogP contribution in [0.5, 0.6) is 0 Å². The maximum atomic E-state index is 13.0. The van der Waals surface area contributed by atoms with Gasteiger partial charge in [0.05, 0.1) is 5.41 Å². The Morgan fingerprint density at radius 1 is 1.11 bits per heavy atom. The maximum absolute atomic E-state index is 13.0. The lowest BCUT2D eigenvalue weighted by molar-refractivity contribution is -0.149. The second-order valence-electron chi connectivity index (χ2n) is 10.1. The minimum absolute atomic E-state index is 0.0285. The van der Waals surface area contributed by atoms with Crippen LogP contribution in [0.25, 0.3) is 11.1 Å². The normalized spacial score (nSPS) is 21.8. The van der Waals surface area contributed by atoms with Crippen molar-refractivity contribution in [2.24, 2.45) is 11.3 Å². The predicted molar refractivity (Wildman–Crippen MR) is 133 cm³/mol. The standard InChI is InChI=1S/C28H34N2O5/c1-4-9-19(14-25(31)30-15-18(2)28(3,17-30)26(32)33)29-27(34)35-16-24-22-12-7-5-10-20(22)21-11-6-8-13-23(21)24/h5-8,10-13,18-19,24H,4,9,14-17H2,1-3H3,(H,29,34)(H,32,33)/t18?,19-,28?/m1/s1. The molecule has 7 heteroatoms. The first-order valence-corrected chi connectivity index (χ1v) is 12.4. The van der Waals surface area contributed by atoms with Crippen LogP contribution in [-0.2, 0) is 14.3 Å². The van der Waals surface area contributed by atoms with Gasteiger partial charge in [0.25, 0.3) is 0 Å². The average Bonchev–Trinajstić information content (AvgIpc) is 3.33. The Kier molecular flexibility index (Phi) is 7.15. The summed E-state index contributed by atoms with van der Waals surface area (Å²) in [4.78, 5) is 39.0. The molecule has 1 aliphatic heterocycles. The number of carboxylic acids is 1. The summed E-state index contributed by atoms with van der Waals surface area (Å²) in [6.45, 7) is 6.35. The Hall–Kier alpha value is -3.35. The molecule has 7 nitrogen and oxygen atoms in total. The van der Waals surface area contributed by atoms with Gasteiger partial charge in [-0.1, -0.05) is 68.8 Å². The van der Waals surface area contributed by atoms with Crippen molar-refractivity contribution in [3.8, 4) is 11.1 Å². The molecule has 35 heavy (non-hydrogen) atoms. The zero-order chi connectivity index (χ0) is 25.2. The number of benzene rings is 2. The average molecular weight is 479 g/mol. The minimum atomic E-state index is -0.948. The number of alkyl carbamates (subject to hydrolysis) is 1. The molecule has 0 radical (unpaired) electrons. The number of aliphatic carboxylic acids is 1. The molecule has 2 aromatic carbocycles. The number of nitrogens with one attached hydrogen (secondary N) is 1. The molecule has 2 N–H and O–H groups in total. The summed E-state index contributed by atoms with van der Waals surface area (Å²) in [7, 11) is 0. The fourth-order valence-electron chi connectivity index (χ4n) is 5.34.